The summed E-state index contributed by atoms with van der Waals surface area (Å²) in [5.74, 6) is 0. The zero-order valence-electron chi connectivity index (χ0n) is 8.90. The van der Waals surface area contributed by atoms with Crippen molar-refractivity contribution in [2.75, 3.05) is 13.7 Å². The van der Waals surface area contributed by atoms with Crippen LogP contribution < -0.4 is 5.32 Å². The Labute approximate surface area is 89.3 Å². The van der Waals surface area contributed by atoms with E-state index >= 15 is 0 Å². The van der Waals surface area contributed by atoms with Gasteiger partial charge < -0.3 is 15.0 Å². The summed E-state index contributed by atoms with van der Waals surface area (Å²) in [6.07, 6.45) is 2.02. The minimum absolute atomic E-state index is 0.181. The number of nitrogens with one attached hydrogen (secondary N) is 1. The van der Waals surface area contributed by atoms with Gasteiger partial charge in [-0.2, -0.15) is 0 Å². The predicted octanol–water partition coefficient (Wildman–Crippen LogP) is 1.35. The van der Waals surface area contributed by atoms with E-state index in [1.54, 1.807) is 0 Å². The Balaban J connectivity index is 2.42. The number of fused-ring (bicyclic) bond motifs is 1. The molecular formula is C12H16N2O. The average Bonchev–Trinajstić information content (AvgIpc) is 2.63. The van der Waals surface area contributed by atoms with Gasteiger partial charge >= 0.3 is 0 Å². The van der Waals surface area contributed by atoms with Crippen molar-refractivity contribution in [2.45, 2.75) is 13.1 Å². The van der Waals surface area contributed by atoms with E-state index in [0.717, 1.165) is 6.54 Å². The molecule has 2 rings (SSSR count). The molecule has 3 nitrogen and oxygen atoms in total. The lowest BCUT2D eigenvalue weighted by molar-refractivity contribution is 0.278. The summed E-state index contributed by atoms with van der Waals surface area (Å²) in [6.45, 7) is 1.72. The Morgan fingerprint density at radius 1 is 1.33 bits per heavy atom. The number of hydrogen-bond acceptors (Lipinski definition) is 2. The minimum atomic E-state index is 0.181. The van der Waals surface area contributed by atoms with Crippen LogP contribution in [0.2, 0.25) is 0 Å². The lowest BCUT2D eigenvalue weighted by Gasteiger charge is -2.05. The van der Waals surface area contributed by atoms with Crippen molar-refractivity contribution in [1.29, 1.82) is 0 Å². The molecule has 0 aliphatic carbocycles. The highest BCUT2D eigenvalue weighted by molar-refractivity contribution is 5.80. The van der Waals surface area contributed by atoms with Crippen molar-refractivity contribution in [1.82, 2.24) is 9.88 Å². The molecule has 0 saturated carbocycles. The molecule has 3 heteroatoms. The smallest absolute Gasteiger partial charge is 0.0610 e. The zero-order chi connectivity index (χ0) is 10.7. The molecule has 2 aromatic rings. The molecule has 2 N–H and O–H groups in total. The van der Waals surface area contributed by atoms with Crippen LogP contribution in [0.15, 0.2) is 30.5 Å². The highest BCUT2D eigenvalue weighted by Gasteiger charge is 2.01. The molecular weight excluding hydrogens is 188 g/mol. The molecule has 0 aliphatic rings. The summed E-state index contributed by atoms with van der Waals surface area (Å²) in [5.41, 5.74) is 2.46. The van der Waals surface area contributed by atoms with Crippen molar-refractivity contribution in [3.8, 4) is 0 Å². The summed E-state index contributed by atoms with van der Waals surface area (Å²) >= 11 is 0. The molecule has 80 valence electrons. The molecule has 1 heterocycles. The molecule has 1 aromatic carbocycles. The minimum Gasteiger partial charge on any atom is -0.395 e. The van der Waals surface area contributed by atoms with Crippen LogP contribution in [0.3, 0.4) is 0 Å². The number of nitrogens with zero attached hydrogens (tertiary/aromatic N) is 1. The molecule has 0 saturated heterocycles. The third-order valence-corrected chi connectivity index (χ3v) is 2.56. The molecule has 0 radical (unpaired) electrons. The number of rotatable bonds is 4. The van der Waals surface area contributed by atoms with Gasteiger partial charge in [0.15, 0.2) is 0 Å². The zero-order valence-corrected chi connectivity index (χ0v) is 8.90. The number of aliphatic hydroxyl groups is 1. The maximum atomic E-state index is 8.94. The molecule has 0 bridgehead atoms. The van der Waals surface area contributed by atoms with E-state index in [1.807, 2.05) is 13.2 Å². The van der Waals surface area contributed by atoms with Gasteiger partial charge in [0.05, 0.1) is 6.61 Å². The Hall–Kier alpha value is -1.32. The third kappa shape index (κ3) is 2.03. The fourth-order valence-corrected chi connectivity index (χ4v) is 1.85. The maximum Gasteiger partial charge on any atom is 0.0610 e. The molecule has 0 aliphatic heterocycles. The van der Waals surface area contributed by atoms with Crippen molar-refractivity contribution in [2.24, 2.45) is 0 Å². The van der Waals surface area contributed by atoms with Gasteiger partial charge in [0.1, 0.15) is 0 Å². The van der Waals surface area contributed by atoms with Gasteiger partial charge in [0.2, 0.25) is 0 Å². The quantitative estimate of drug-likeness (QED) is 0.789. The first-order valence-corrected chi connectivity index (χ1v) is 5.18. The summed E-state index contributed by atoms with van der Waals surface area (Å²) in [5, 5.41) is 13.3. The normalized spacial score (nSPS) is 11.1. The van der Waals surface area contributed by atoms with Gasteiger partial charge in [-0.1, -0.05) is 12.1 Å². The molecule has 0 spiro atoms. The Bertz CT molecular complexity index is 448. The number of aromatic nitrogens is 1. The maximum absolute atomic E-state index is 8.94. The average molecular weight is 204 g/mol. The van der Waals surface area contributed by atoms with Crippen molar-refractivity contribution in [3.63, 3.8) is 0 Å². The van der Waals surface area contributed by atoms with Gasteiger partial charge in [0, 0.05) is 24.8 Å². The van der Waals surface area contributed by atoms with Crippen molar-refractivity contribution < 1.29 is 5.11 Å². The van der Waals surface area contributed by atoms with E-state index in [9.17, 15) is 0 Å². The summed E-state index contributed by atoms with van der Waals surface area (Å²) in [6, 6.07) is 8.49. The van der Waals surface area contributed by atoms with Gasteiger partial charge in [-0.15, -0.1) is 0 Å². The van der Waals surface area contributed by atoms with Gasteiger partial charge in [-0.3, -0.25) is 0 Å². The third-order valence-electron chi connectivity index (χ3n) is 2.56. The van der Waals surface area contributed by atoms with E-state index in [0.29, 0.717) is 6.54 Å². The first-order chi connectivity index (χ1) is 7.35. The van der Waals surface area contributed by atoms with Gasteiger partial charge in [-0.05, 0) is 30.1 Å². The summed E-state index contributed by atoms with van der Waals surface area (Å²) < 4.78 is 2.08. The van der Waals surface area contributed by atoms with Crippen LogP contribution in [-0.4, -0.2) is 23.3 Å². The lowest BCUT2D eigenvalue weighted by Crippen LogP contribution is -2.05. The SMILES string of the molecule is CNCc1ccc2ccn(CCO)c2c1. The van der Waals surface area contributed by atoms with E-state index in [2.05, 4.69) is 34.1 Å². The Morgan fingerprint density at radius 2 is 2.20 bits per heavy atom. The van der Waals surface area contributed by atoms with Crippen LogP contribution in [0.25, 0.3) is 10.9 Å². The molecule has 0 atom stereocenters. The monoisotopic (exact) mass is 204 g/mol. The molecule has 0 fully saturated rings. The largest absolute Gasteiger partial charge is 0.395 e. The fraction of sp³-hybridized carbons (Fsp3) is 0.333. The second-order valence-electron chi connectivity index (χ2n) is 3.66. The van der Waals surface area contributed by atoms with Crippen LogP contribution in [0.1, 0.15) is 5.56 Å². The van der Waals surface area contributed by atoms with Crippen LogP contribution >= 0.6 is 0 Å². The molecule has 0 unspecified atom stereocenters. The predicted molar refractivity (Wildman–Crippen MR) is 61.8 cm³/mol. The topological polar surface area (TPSA) is 37.2 Å². The Kier molecular flexibility index (Phi) is 3.04. The lowest BCUT2D eigenvalue weighted by atomic mass is 10.1. The second kappa shape index (κ2) is 4.47. The number of aliphatic hydroxyl groups excluding tert-OH is 1. The summed E-state index contributed by atoms with van der Waals surface area (Å²) in [7, 11) is 1.94. The van der Waals surface area contributed by atoms with E-state index in [1.165, 1.54) is 16.5 Å². The standard InChI is InChI=1S/C12H16N2O/c1-13-9-10-2-3-11-4-5-14(6-7-15)12(11)8-10/h2-5,8,13,15H,6-7,9H2,1H3. The van der Waals surface area contributed by atoms with E-state index in [4.69, 9.17) is 5.11 Å². The van der Waals surface area contributed by atoms with Gasteiger partial charge in [0.25, 0.3) is 0 Å². The highest BCUT2D eigenvalue weighted by Crippen LogP contribution is 2.17. The molecule has 15 heavy (non-hydrogen) atoms. The van der Waals surface area contributed by atoms with E-state index in [-0.39, 0.29) is 6.61 Å². The summed E-state index contributed by atoms with van der Waals surface area (Å²) in [4.78, 5) is 0. The fourth-order valence-electron chi connectivity index (χ4n) is 1.85. The Morgan fingerprint density at radius 3 is 2.93 bits per heavy atom. The molecule has 1 aromatic heterocycles. The first kappa shape index (κ1) is 10.2. The van der Waals surface area contributed by atoms with Gasteiger partial charge in [-0.25, -0.2) is 0 Å². The number of benzene rings is 1. The van der Waals surface area contributed by atoms with Crippen molar-refractivity contribution in [3.05, 3.63) is 36.0 Å². The van der Waals surface area contributed by atoms with Crippen molar-refractivity contribution >= 4 is 10.9 Å². The molecule has 0 amide bonds. The first-order valence-electron chi connectivity index (χ1n) is 5.18. The van der Waals surface area contributed by atoms with E-state index < -0.39 is 0 Å². The van der Waals surface area contributed by atoms with Crippen LogP contribution in [0.4, 0.5) is 0 Å². The van der Waals surface area contributed by atoms with Crippen LogP contribution in [-0.2, 0) is 13.1 Å². The number of hydrogen-bond donors (Lipinski definition) is 2. The highest BCUT2D eigenvalue weighted by atomic mass is 16.3. The second-order valence-corrected chi connectivity index (χ2v) is 3.66. The van der Waals surface area contributed by atoms with Crippen LogP contribution in [0, 0.1) is 0 Å². The van der Waals surface area contributed by atoms with Crippen LogP contribution in [0.5, 0.6) is 0 Å².